The molecule has 1 unspecified atom stereocenters. The number of piperazine rings is 1. The predicted molar refractivity (Wildman–Crippen MR) is 82.0 cm³/mol. The summed E-state index contributed by atoms with van der Waals surface area (Å²) < 4.78 is 4.39. The average Bonchev–Trinajstić information content (AvgIpc) is 3.21. The molecule has 2 N–H and O–H groups in total. The molecular formula is C14H24N4S. The molecule has 5 heteroatoms. The number of nitrogens with zero attached hydrogens (tertiary/aromatic N) is 3. The quantitative estimate of drug-likeness (QED) is 0.920. The minimum absolute atomic E-state index is 0.696. The molecule has 2 aliphatic rings. The molecule has 1 atom stereocenters. The summed E-state index contributed by atoms with van der Waals surface area (Å²) in [5.41, 5.74) is 7.40. The van der Waals surface area contributed by atoms with E-state index in [1.54, 1.807) is 11.5 Å². The number of anilines is 2. The molecular weight excluding hydrogens is 256 g/mol. The van der Waals surface area contributed by atoms with Crippen LogP contribution in [-0.4, -0.2) is 41.5 Å². The minimum Gasteiger partial charge on any atom is -0.383 e. The van der Waals surface area contributed by atoms with Crippen LogP contribution in [0.2, 0.25) is 0 Å². The molecule has 1 aliphatic heterocycles. The fraction of sp³-hybridized carbons (Fsp3) is 0.786. The maximum Gasteiger partial charge on any atom is 0.142 e. The van der Waals surface area contributed by atoms with Crippen LogP contribution in [0.5, 0.6) is 0 Å². The molecule has 19 heavy (non-hydrogen) atoms. The fourth-order valence-corrected chi connectivity index (χ4v) is 3.86. The molecule has 2 fully saturated rings. The second-order valence-corrected chi connectivity index (χ2v) is 6.59. The van der Waals surface area contributed by atoms with Crippen LogP contribution < -0.4 is 10.6 Å². The molecule has 1 aliphatic carbocycles. The highest BCUT2D eigenvalue weighted by atomic mass is 32.1. The Morgan fingerprint density at radius 2 is 2.00 bits per heavy atom. The number of rotatable bonds is 4. The molecule has 0 amide bonds. The normalized spacial score (nSPS) is 22.7. The van der Waals surface area contributed by atoms with Crippen LogP contribution in [0.1, 0.15) is 44.6 Å². The Morgan fingerprint density at radius 1 is 1.32 bits per heavy atom. The molecule has 4 nitrogen and oxygen atoms in total. The Bertz CT molecular complexity index is 433. The van der Waals surface area contributed by atoms with E-state index in [0.717, 1.165) is 32.0 Å². The summed E-state index contributed by atoms with van der Waals surface area (Å²) in [6.45, 7) is 9.16. The van der Waals surface area contributed by atoms with Crippen molar-refractivity contribution in [2.45, 2.75) is 45.1 Å². The molecule has 0 bridgehead atoms. The van der Waals surface area contributed by atoms with Crippen molar-refractivity contribution in [1.29, 1.82) is 0 Å². The van der Waals surface area contributed by atoms with Crippen molar-refractivity contribution in [2.75, 3.05) is 36.8 Å². The summed E-state index contributed by atoms with van der Waals surface area (Å²) in [7, 11) is 0. The van der Waals surface area contributed by atoms with Gasteiger partial charge in [-0.3, -0.25) is 4.90 Å². The van der Waals surface area contributed by atoms with Gasteiger partial charge in [-0.15, -0.1) is 0 Å². The molecule has 2 heterocycles. The van der Waals surface area contributed by atoms with Crippen molar-refractivity contribution in [1.82, 2.24) is 9.27 Å². The topological polar surface area (TPSA) is 45.4 Å². The van der Waals surface area contributed by atoms with Gasteiger partial charge in [0.25, 0.3) is 0 Å². The predicted octanol–water partition coefficient (Wildman–Crippen LogP) is 2.52. The number of nitrogens with two attached hydrogens (primary N) is 1. The zero-order valence-electron chi connectivity index (χ0n) is 11.9. The van der Waals surface area contributed by atoms with E-state index >= 15 is 0 Å². The van der Waals surface area contributed by atoms with Crippen LogP contribution in [0.4, 0.5) is 10.8 Å². The molecule has 0 spiro atoms. The summed E-state index contributed by atoms with van der Waals surface area (Å²) in [5.74, 6) is 1.48. The van der Waals surface area contributed by atoms with E-state index in [1.807, 2.05) is 0 Å². The van der Waals surface area contributed by atoms with Gasteiger partial charge < -0.3 is 10.6 Å². The standard InChI is InChI=1S/C14H24N4S/c1-3-10(2)17-6-8-18(9-7-17)14-12(11-4-5-11)13(15)16-19-14/h10-11H,3-9H2,1-2H3,(H2,15,16). The van der Waals surface area contributed by atoms with Crippen LogP contribution in [0.15, 0.2) is 0 Å². The molecule has 1 saturated heterocycles. The van der Waals surface area contributed by atoms with Crippen molar-refractivity contribution in [3.05, 3.63) is 5.56 Å². The zero-order chi connectivity index (χ0) is 13.4. The molecule has 0 aromatic carbocycles. The van der Waals surface area contributed by atoms with Gasteiger partial charge in [-0.2, -0.15) is 4.37 Å². The van der Waals surface area contributed by atoms with Gasteiger partial charge in [0.2, 0.25) is 0 Å². The first-order chi connectivity index (χ1) is 9.20. The van der Waals surface area contributed by atoms with Gasteiger partial charge in [0, 0.05) is 37.8 Å². The third-order valence-electron chi connectivity index (χ3n) is 4.54. The van der Waals surface area contributed by atoms with E-state index in [1.165, 1.54) is 29.8 Å². The first kappa shape index (κ1) is 13.2. The summed E-state index contributed by atoms with van der Waals surface area (Å²) in [6, 6.07) is 0.705. The van der Waals surface area contributed by atoms with Crippen molar-refractivity contribution >= 4 is 22.4 Å². The highest BCUT2D eigenvalue weighted by Gasteiger charge is 2.33. The largest absolute Gasteiger partial charge is 0.383 e. The van der Waals surface area contributed by atoms with Gasteiger partial charge in [0.15, 0.2) is 0 Å². The smallest absolute Gasteiger partial charge is 0.142 e. The monoisotopic (exact) mass is 280 g/mol. The van der Waals surface area contributed by atoms with E-state index in [2.05, 4.69) is 28.0 Å². The summed E-state index contributed by atoms with van der Waals surface area (Å²) in [4.78, 5) is 5.10. The van der Waals surface area contributed by atoms with E-state index in [0.29, 0.717) is 12.0 Å². The van der Waals surface area contributed by atoms with Crippen molar-refractivity contribution < 1.29 is 0 Å². The second-order valence-electron chi connectivity index (χ2n) is 5.84. The number of hydrogen-bond donors (Lipinski definition) is 1. The lowest BCUT2D eigenvalue weighted by Gasteiger charge is -2.38. The van der Waals surface area contributed by atoms with Gasteiger partial charge >= 0.3 is 0 Å². The Hall–Kier alpha value is -0.810. The summed E-state index contributed by atoms with van der Waals surface area (Å²) in [5, 5.41) is 1.35. The van der Waals surface area contributed by atoms with Gasteiger partial charge in [-0.25, -0.2) is 0 Å². The molecule has 1 aromatic rings. The van der Waals surface area contributed by atoms with Crippen molar-refractivity contribution in [2.24, 2.45) is 0 Å². The molecule has 3 rings (SSSR count). The molecule has 106 valence electrons. The summed E-state index contributed by atoms with van der Waals surface area (Å²) >= 11 is 1.60. The van der Waals surface area contributed by atoms with Crippen molar-refractivity contribution in [3.63, 3.8) is 0 Å². The van der Waals surface area contributed by atoms with Crippen LogP contribution in [0.3, 0.4) is 0 Å². The maximum absolute atomic E-state index is 6.05. The van der Waals surface area contributed by atoms with Gasteiger partial charge in [0.05, 0.1) is 0 Å². The second kappa shape index (κ2) is 5.29. The van der Waals surface area contributed by atoms with Gasteiger partial charge in [-0.1, -0.05) is 6.92 Å². The Kier molecular flexibility index (Phi) is 3.67. The Morgan fingerprint density at radius 3 is 2.58 bits per heavy atom. The van der Waals surface area contributed by atoms with Crippen LogP contribution in [0, 0.1) is 0 Å². The molecule has 1 saturated carbocycles. The number of aromatic nitrogens is 1. The minimum atomic E-state index is 0.696. The maximum atomic E-state index is 6.05. The lowest BCUT2D eigenvalue weighted by molar-refractivity contribution is 0.193. The third-order valence-corrected chi connectivity index (χ3v) is 5.48. The molecule has 0 radical (unpaired) electrons. The lowest BCUT2D eigenvalue weighted by Crippen LogP contribution is -2.49. The summed E-state index contributed by atoms with van der Waals surface area (Å²) in [6.07, 6.45) is 3.83. The Labute approximate surface area is 119 Å². The first-order valence-electron chi connectivity index (χ1n) is 7.44. The van der Waals surface area contributed by atoms with E-state index in [-0.39, 0.29) is 0 Å². The van der Waals surface area contributed by atoms with Crippen LogP contribution >= 0.6 is 11.5 Å². The Balaban J connectivity index is 1.68. The fourth-order valence-electron chi connectivity index (χ4n) is 2.91. The van der Waals surface area contributed by atoms with Gasteiger partial charge in [-0.05, 0) is 43.6 Å². The van der Waals surface area contributed by atoms with Gasteiger partial charge in [0.1, 0.15) is 10.8 Å². The highest BCUT2D eigenvalue weighted by Crippen LogP contribution is 2.48. The third kappa shape index (κ3) is 2.58. The van der Waals surface area contributed by atoms with Crippen molar-refractivity contribution in [3.8, 4) is 0 Å². The van der Waals surface area contributed by atoms with E-state index in [9.17, 15) is 0 Å². The number of hydrogen-bond acceptors (Lipinski definition) is 5. The van der Waals surface area contributed by atoms with Crippen LogP contribution in [0.25, 0.3) is 0 Å². The van der Waals surface area contributed by atoms with E-state index in [4.69, 9.17) is 5.73 Å². The first-order valence-corrected chi connectivity index (χ1v) is 8.22. The zero-order valence-corrected chi connectivity index (χ0v) is 12.7. The highest BCUT2D eigenvalue weighted by molar-refractivity contribution is 7.10. The number of nitrogen functional groups attached to an aromatic ring is 1. The average molecular weight is 280 g/mol. The SMILES string of the molecule is CCC(C)N1CCN(c2snc(N)c2C2CC2)CC1. The van der Waals surface area contributed by atoms with Crippen LogP contribution in [-0.2, 0) is 0 Å². The van der Waals surface area contributed by atoms with E-state index < -0.39 is 0 Å². The lowest BCUT2D eigenvalue weighted by atomic mass is 10.1. The molecule has 1 aromatic heterocycles.